The predicted molar refractivity (Wildman–Crippen MR) is 122 cm³/mol. The van der Waals surface area contributed by atoms with Gasteiger partial charge in [0.1, 0.15) is 11.6 Å². The molecule has 2 N–H and O–H groups in total. The molecule has 7 heteroatoms. The molecule has 0 saturated heterocycles. The SMILES string of the molecule is COCCn1cc(-c2ccc3c(c2)[C@H](Nc2ccc(C)cn2)C(C(C)=O)[C@H](C)N3)cn1. The van der Waals surface area contributed by atoms with Crippen molar-refractivity contribution in [1.29, 1.82) is 0 Å². The molecule has 1 aliphatic heterocycles. The average molecular weight is 420 g/mol. The number of fused-ring (bicyclic) bond motifs is 1. The van der Waals surface area contributed by atoms with Crippen molar-refractivity contribution in [3.05, 3.63) is 60.0 Å². The zero-order valence-electron chi connectivity index (χ0n) is 18.4. The number of ketones is 1. The van der Waals surface area contributed by atoms with Gasteiger partial charge in [0.15, 0.2) is 0 Å². The van der Waals surface area contributed by atoms with Crippen LogP contribution in [0.2, 0.25) is 0 Å². The van der Waals surface area contributed by atoms with E-state index in [0.29, 0.717) is 13.2 Å². The number of benzene rings is 1. The quantitative estimate of drug-likeness (QED) is 0.601. The standard InChI is InChI=1S/C24H29N5O2/c1-15-5-8-22(25-12-15)28-24-20-11-18(19-13-26-29(14-19)9-10-31-4)6-7-21(20)27-16(2)23(24)17(3)30/h5-8,11-14,16,23-24,27H,9-10H2,1-4H3,(H,25,28)/t16-,23?,24-/m0/s1. The van der Waals surface area contributed by atoms with E-state index in [2.05, 4.69) is 45.8 Å². The van der Waals surface area contributed by atoms with E-state index >= 15 is 0 Å². The number of aromatic nitrogens is 3. The smallest absolute Gasteiger partial charge is 0.137 e. The molecule has 4 rings (SSSR count). The number of carbonyl (C=O) groups excluding carboxylic acids is 1. The highest BCUT2D eigenvalue weighted by molar-refractivity contribution is 5.83. The molecule has 0 spiro atoms. The third-order valence-corrected chi connectivity index (χ3v) is 5.84. The molecule has 0 fully saturated rings. The van der Waals surface area contributed by atoms with Gasteiger partial charge in [0, 0.05) is 36.8 Å². The largest absolute Gasteiger partial charge is 0.383 e. The number of rotatable bonds is 7. The summed E-state index contributed by atoms with van der Waals surface area (Å²) in [6.07, 6.45) is 5.72. The summed E-state index contributed by atoms with van der Waals surface area (Å²) in [5.41, 5.74) is 5.28. The van der Waals surface area contributed by atoms with E-state index < -0.39 is 0 Å². The van der Waals surface area contributed by atoms with E-state index in [0.717, 1.165) is 33.8 Å². The van der Waals surface area contributed by atoms with Crippen molar-refractivity contribution >= 4 is 17.3 Å². The Labute approximate surface area is 182 Å². The van der Waals surface area contributed by atoms with Crippen LogP contribution in [0.4, 0.5) is 11.5 Å². The molecular weight excluding hydrogens is 390 g/mol. The highest BCUT2D eigenvalue weighted by Gasteiger charge is 2.37. The van der Waals surface area contributed by atoms with Crippen molar-refractivity contribution in [2.45, 2.75) is 39.4 Å². The molecule has 1 aromatic carbocycles. The van der Waals surface area contributed by atoms with E-state index in [1.807, 2.05) is 42.3 Å². The minimum Gasteiger partial charge on any atom is -0.383 e. The highest BCUT2D eigenvalue weighted by atomic mass is 16.5. The summed E-state index contributed by atoms with van der Waals surface area (Å²) < 4.78 is 7.02. The van der Waals surface area contributed by atoms with Gasteiger partial charge in [-0.25, -0.2) is 4.98 Å². The lowest BCUT2D eigenvalue weighted by Crippen LogP contribution is -2.42. The van der Waals surface area contributed by atoms with Gasteiger partial charge in [-0.2, -0.15) is 5.10 Å². The minimum absolute atomic E-state index is 0.00981. The van der Waals surface area contributed by atoms with Crippen LogP contribution in [0, 0.1) is 12.8 Å². The Morgan fingerprint density at radius 3 is 2.77 bits per heavy atom. The number of aryl methyl sites for hydroxylation is 1. The van der Waals surface area contributed by atoms with Crippen LogP contribution in [0.3, 0.4) is 0 Å². The number of nitrogens with one attached hydrogen (secondary N) is 2. The predicted octanol–water partition coefficient (Wildman–Crippen LogP) is 4.07. The first-order valence-electron chi connectivity index (χ1n) is 10.6. The van der Waals surface area contributed by atoms with Gasteiger partial charge in [-0.05, 0) is 55.7 Å². The summed E-state index contributed by atoms with van der Waals surface area (Å²) >= 11 is 0. The zero-order valence-corrected chi connectivity index (χ0v) is 18.4. The summed E-state index contributed by atoms with van der Waals surface area (Å²) in [5.74, 6) is 0.697. The van der Waals surface area contributed by atoms with Crippen LogP contribution in [0.1, 0.15) is 31.0 Å². The van der Waals surface area contributed by atoms with Crippen molar-refractivity contribution in [2.75, 3.05) is 24.4 Å². The van der Waals surface area contributed by atoms with Crippen LogP contribution in [0.25, 0.3) is 11.1 Å². The molecule has 0 radical (unpaired) electrons. The molecule has 3 aromatic rings. The Bertz CT molecular complexity index is 1060. The molecule has 1 aliphatic rings. The summed E-state index contributed by atoms with van der Waals surface area (Å²) in [5, 5.41) is 11.5. The second kappa shape index (κ2) is 8.89. The molecule has 0 bridgehead atoms. The van der Waals surface area contributed by atoms with Gasteiger partial charge < -0.3 is 15.4 Å². The number of pyridine rings is 1. The summed E-state index contributed by atoms with van der Waals surface area (Å²) in [6, 6.07) is 10.1. The molecule has 2 aromatic heterocycles. The van der Waals surface area contributed by atoms with E-state index in [9.17, 15) is 4.79 Å². The Kier molecular flexibility index (Phi) is 6.04. The fraction of sp³-hybridized carbons (Fsp3) is 0.375. The Morgan fingerprint density at radius 2 is 2.06 bits per heavy atom. The number of hydrogen-bond acceptors (Lipinski definition) is 6. The summed E-state index contributed by atoms with van der Waals surface area (Å²) in [4.78, 5) is 17.1. The molecule has 0 amide bonds. The molecule has 31 heavy (non-hydrogen) atoms. The Hall–Kier alpha value is -3.19. The lowest BCUT2D eigenvalue weighted by Gasteiger charge is -2.38. The van der Waals surface area contributed by atoms with Crippen LogP contribution in [0.5, 0.6) is 0 Å². The molecule has 7 nitrogen and oxygen atoms in total. The summed E-state index contributed by atoms with van der Waals surface area (Å²) in [7, 11) is 1.68. The molecule has 3 atom stereocenters. The highest BCUT2D eigenvalue weighted by Crippen LogP contribution is 2.41. The number of Topliss-reactive ketones (excluding diaryl/α,β-unsaturated/α-hetero) is 1. The lowest BCUT2D eigenvalue weighted by atomic mass is 9.80. The maximum Gasteiger partial charge on any atom is 0.137 e. The first-order valence-corrected chi connectivity index (χ1v) is 10.6. The van der Waals surface area contributed by atoms with E-state index in [4.69, 9.17) is 4.74 Å². The Balaban J connectivity index is 1.71. The molecule has 162 valence electrons. The van der Waals surface area contributed by atoms with Crippen LogP contribution in [-0.4, -0.2) is 40.3 Å². The van der Waals surface area contributed by atoms with E-state index in [-0.39, 0.29) is 23.8 Å². The average Bonchev–Trinajstić information content (AvgIpc) is 3.22. The number of carbonyl (C=O) groups is 1. The molecule has 0 aliphatic carbocycles. The second-order valence-corrected chi connectivity index (χ2v) is 8.20. The fourth-order valence-corrected chi connectivity index (χ4v) is 4.23. The van der Waals surface area contributed by atoms with Crippen LogP contribution < -0.4 is 10.6 Å². The molecular formula is C24H29N5O2. The number of hydrogen-bond donors (Lipinski definition) is 2. The van der Waals surface area contributed by atoms with Crippen LogP contribution in [0.15, 0.2) is 48.9 Å². The monoisotopic (exact) mass is 419 g/mol. The maximum absolute atomic E-state index is 12.6. The number of anilines is 2. The lowest BCUT2D eigenvalue weighted by molar-refractivity contribution is -0.121. The number of ether oxygens (including phenoxy) is 1. The Morgan fingerprint density at radius 1 is 1.23 bits per heavy atom. The molecule has 0 saturated carbocycles. The normalized spacial score (nSPS) is 20.1. The van der Waals surface area contributed by atoms with E-state index in [1.165, 1.54) is 0 Å². The number of nitrogens with zero attached hydrogens (tertiary/aromatic N) is 3. The minimum atomic E-state index is -0.213. The van der Waals surface area contributed by atoms with Crippen LogP contribution in [-0.2, 0) is 16.1 Å². The third-order valence-electron chi connectivity index (χ3n) is 5.84. The van der Waals surface area contributed by atoms with Crippen molar-refractivity contribution in [3.8, 4) is 11.1 Å². The van der Waals surface area contributed by atoms with E-state index in [1.54, 1.807) is 14.0 Å². The van der Waals surface area contributed by atoms with Crippen molar-refractivity contribution in [1.82, 2.24) is 14.8 Å². The molecule has 1 unspecified atom stereocenters. The zero-order chi connectivity index (χ0) is 22.0. The second-order valence-electron chi connectivity index (χ2n) is 8.20. The van der Waals surface area contributed by atoms with Gasteiger partial charge in [0.2, 0.25) is 0 Å². The molecule has 3 heterocycles. The van der Waals surface area contributed by atoms with Crippen molar-refractivity contribution < 1.29 is 9.53 Å². The first-order chi connectivity index (χ1) is 15.0. The van der Waals surface area contributed by atoms with Crippen molar-refractivity contribution in [2.24, 2.45) is 5.92 Å². The van der Waals surface area contributed by atoms with Gasteiger partial charge in [0.25, 0.3) is 0 Å². The van der Waals surface area contributed by atoms with Gasteiger partial charge >= 0.3 is 0 Å². The van der Waals surface area contributed by atoms with Crippen molar-refractivity contribution in [3.63, 3.8) is 0 Å². The topological polar surface area (TPSA) is 81.1 Å². The third kappa shape index (κ3) is 4.46. The van der Waals surface area contributed by atoms with Gasteiger partial charge in [-0.1, -0.05) is 12.1 Å². The van der Waals surface area contributed by atoms with Crippen LogP contribution >= 0.6 is 0 Å². The number of methoxy groups -OCH3 is 1. The summed E-state index contributed by atoms with van der Waals surface area (Å²) in [6.45, 7) is 7.05. The fourth-order valence-electron chi connectivity index (χ4n) is 4.23. The first kappa shape index (κ1) is 21.1. The maximum atomic E-state index is 12.6. The van der Waals surface area contributed by atoms with Gasteiger partial charge in [-0.3, -0.25) is 9.48 Å². The van der Waals surface area contributed by atoms with Gasteiger partial charge in [-0.15, -0.1) is 0 Å². The van der Waals surface area contributed by atoms with Gasteiger partial charge in [0.05, 0.1) is 31.3 Å².